The second kappa shape index (κ2) is 4.14. The van der Waals surface area contributed by atoms with Crippen LogP contribution >= 0.6 is 23.2 Å². The number of carbonyl (C=O) groups excluding carboxylic acids is 1. The number of nitrogens with zero attached hydrogens (tertiary/aromatic N) is 1. The summed E-state index contributed by atoms with van der Waals surface area (Å²) in [5, 5.41) is -1.59. The molecule has 0 N–H and O–H groups in total. The Morgan fingerprint density at radius 2 is 2.07 bits per heavy atom. The summed E-state index contributed by atoms with van der Waals surface area (Å²) in [5.74, 6) is -1.31. The van der Waals surface area contributed by atoms with E-state index in [0.717, 1.165) is 0 Å². The van der Waals surface area contributed by atoms with Crippen molar-refractivity contribution in [3.05, 3.63) is 28.3 Å². The van der Waals surface area contributed by atoms with Gasteiger partial charge in [0.15, 0.2) is 5.82 Å². The van der Waals surface area contributed by atoms with E-state index in [1.54, 1.807) is 0 Å². The average molecular weight is 244 g/mol. The van der Waals surface area contributed by atoms with E-state index in [1.165, 1.54) is 0 Å². The van der Waals surface area contributed by atoms with Crippen molar-refractivity contribution in [3.8, 4) is 0 Å². The number of rotatable bonds is 2. The molecule has 0 aliphatic heterocycles. The number of hydrogen-bond acceptors (Lipinski definition) is 2. The van der Waals surface area contributed by atoms with Crippen LogP contribution in [0.2, 0.25) is 5.15 Å². The third-order valence-electron chi connectivity index (χ3n) is 1.38. The molecule has 0 aliphatic rings. The second-order valence-electron chi connectivity index (χ2n) is 2.27. The number of aromatic nitrogens is 1. The Balaban J connectivity index is 3.31. The van der Waals surface area contributed by atoms with Crippen LogP contribution in [0.25, 0.3) is 0 Å². The van der Waals surface area contributed by atoms with E-state index in [1.807, 2.05) is 0 Å². The van der Waals surface area contributed by atoms with Gasteiger partial charge in [-0.2, -0.15) is 0 Å². The van der Waals surface area contributed by atoms with E-state index in [9.17, 15) is 18.0 Å². The first kappa shape index (κ1) is 11.3. The summed E-state index contributed by atoms with van der Waals surface area (Å²) in [6.45, 7) is 0. The molecular formula is C7H2Cl2F3NO. The summed E-state index contributed by atoms with van der Waals surface area (Å²) in [7, 11) is 0. The Labute approximate surface area is 86.6 Å². The van der Waals surface area contributed by atoms with Gasteiger partial charge in [-0.05, 0) is 17.7 Å². The smallest absolute Gasteiger partial charge is 0.275 e. The fraction of sp³-hybridized carbons (Fsp3) is 0.143. The molecule has 0 saturated carbocycles. The van der Waals surface area contributed by atoms with E-state index >= 15 is 0 Å². The molecule has 14 heavy (non-hydrogen) atoms. The highest BCUT2D eigenvalue weighted by molar-refractivity contribution is 6.68. The molecule has 0 spiro atoms. The lowest BCUT2D eigenvalue weighted by Crippen LogP contribution is -2.01. The highest BCUT2D eigenvalue weighted by Gasteiger charge is 2.20. The van der Waals surface area contributed by atoms with E-state index in [0.29, 0.717) is 6.07 Å². The molecule has 7 heteroatoms. The van der Waals surface area contributed by atoms with Gasteiger partial charge in [-0.1, -0.05) is 11.6 Å². The van der Waals surface area contributed by atoms with Gasteiger partial charge in [0.25, 0.3) is 11.7 Å². The quantitative estimate of drug-likeness (QED) is 0.590. The molecule has 1 aromatic heterocycles. The first-order chi connectivity index (χ1) is 6.43. The average Bonchev–Trinajstić information content (AvgIpc) is 2.07. The molecule has 0 amide bonds. The maximum absolute atomic E-state index is 12.8. The Bertz CT molecular complexity index is 383. The number of halogens is 5. The number of pyridine rings is 1. The minimum absolute atomic E-state index is 0.435. The maximum Gasteiger partial charge on any atom is 0.283 e. The first-order valence-corrected chi connectivity index (χ1v) is 4.03. The van der Waals surface area contributed by atoms with Gasteiger partial charge < -0.3 is 0 Å². The molecule has 0 fully saturated rings. The topological polar surface area (TPSA) is 30.0 Å². The highest BCUT2D eigenvalue weighted by Crippen LogP contribution is 2.25. The van der Waals surface area contributed by atoms with Crippen LogP contribution in [0.1, 0.15) is 22.5 Å². The maximum atomic E-state index is 12.8. The summed E-state index contributed by atoms with van der Waals surface area (Å²) >= 11 is 10.3. The lowest BCUT2D eigenvalue weighted by atomic mass is 10.2. The van der Waals surface area contributed by atoms with Crippen molar-refractivity contribution in [3.63, 3.8) is 0 Å². The van der Waals surface area contributed by atoms with E-state index < -0.39 is 33.9 Å². The van der Waals surface area contributed by atoms with Crippen LogP contribution in [0.15, 0.2) is 6.07 Å². The van der Waals surface area contributed by atoms with Crippen LogP contribution in [0.3, 0.4) is 0 Å². The normalized spacial score (nSPS) is 10.7. The van der Waals surface area contributed by atoms with Crippen LogP contribution in [-0.4, -0.2) is 10.2 Å². The number of alkyl halides is 2. The number of carbonyl (C=O) groups is 1. The monoisotopic (exact) mass is 243 g/mol. The lowest BCUT2D eigenvalue weighted by molar-refractivity contribution is 0.107. The SMILES string of the molecule is O=C(Cl)c1cc(F)c(C(F)F)nc1Cl. The van der Waals surface area contributed by atoms with Crippen molar-refractivity contribution in [2.45, 2.75) is 6.43 Å². The third-order valence-corrected chi connectivity index (χ3v) is 1.87. The van der Waals surface area contributed by atoms with Crippen molar-refractivity contribution in [1.29, 1.82) is 0 Å². The van der Waals surface area contributed by atoms with Crippen molar-refractivity contribution < 1.29 is 18.0 Å². The molecule has 2 nitrogen and oxygen atoms in total. The molecular weight excluding hydrogens is 242 g/mol. The minimum Gasteiger partial charge on any atom is -0.275 e. The zero-order valence-electron chi connectivity index (χ0n) is 6.40. The largest absolute Gasteiger partial charge is 0.283 e. The van der Waals surface area contributed by atoms with Gasteiger partial charge in [0.2, 0.25) is 0 Å². The third kappa shape index (κ3) is 2.16. The van der Waals surface area contributed by atoms with Crippen LogP contribution in [0.5, 0.6) is 0 Å². The zero-order valence-corrected chi connectivity index (χ0v) is 7.91. The van der Waals surface area contributed by atoms with Gasteiger partial charge in [-0.3, -0.25) is 4.79 Å². The van der Waals surface area contributed by atoms with Crippen molar-refractivity contribution in [2.75, 3.05) is 0 Å². The molecule has 0 radical (unpaired) electrons. The summed E-state index contributed by atoms with van der Waals surface area (Å²) in [6, 6.07) is 0.534. The molecule has 0 aromatic carbocycles. The van der Waals surface area contributed by atoms with Gasteiger partial charge in [-0.15, -0.1) is 0 Å². The van der Waals surface area contributed by atoms with Crippen molar-refractivity contribution in [2.24, 2.45) is 0 Å². The summed E-state index contributed by atoms with van der Waals surface area (Å²) < 4.78 is 37.0. The minimum atomic E-state index is -3.09. The van der Waals surface area contributed by atoms with Gasteiger partial charge in [0.1, 0.15) is 10.8 Å². The molecule has 76 valence electrons. The van der Waals surface area contributed by atoms with Crippen molar-refractivity contribution >= 4 is 28.4 Å². The van der Waals surface area contributed by atoms with Crippen LogP contribution in [0, 0.1) is 5.82 Å². The predicted molar refractivity (Wildman–Crippen MR) is 44.3 cm³/mol. The van der Waals surface area contributed by atoms with Gasteiger partial charge in [-0.25, -0.2) is 18.2 Å². The van der Waals surface area contributed by atoms with Gasteiger partial charge in [0, 0.05) is 0 Å². The van der Waals surface area contributed by atoms with Gasteiger partial charge >= 0.3 is 0 Å². The molecule has 1 aromatic rings. The van der Waals surface area contributed by atoms with Gasteiger partial charge in [0.05, 0.1) is 5.56 Å². The van der Waals surface area contributed by atoms with Crippen LogP contribution in [0.4, 0.5) is 13.2 Å². The molecule has 0 atom stereocenters. The van der Waals surface area contributed by atoms with Crippen LogP contribution in [-0.2, 0) is 0 Å². The van der Waals surface area contributed by atoms with Crippen molar-refractivity contribution in [1.82, 2.24) is 4.98 Å². The summed E-state index contributed by atoms with van der Waals surface area (Å²) in [4.78, 5) is 13.6. The summed E-state index contributed by atoms with van der Waals surface area (Å²) in [6.07, 6.45) is -3.09. The summed E-state index contributed by atoms with van der Waals surface area (Å²) in [5.41, 5.74) is -1.54. The Morgan fingerprint density at radius 1 is 1.50 bits per heavy atom. The first-order valence-electron chi connectivity index (χ1n) is 3.27. The zero-order chi connectivity index (χ0) is 10.9. The molecule has 1 heterocycles. The predicted octanol–water partition coefficient (Wildman–Crippen LogP) is 3.19. The standard InChI is InChI=1S/C7H2Cl2F3NO/c8-5-2(6(9)14)1-3(10)4(13-5)7(11)12/h1,7H. The second-order valence-corrected chi connectivity index (χ2v) is 2.97. The fourth-order valence-corrected chi connectivity index (χ4v) is 1.19. The van der Waals surface area contributed by atoms with E-state index in [-0.39, 0.29) is 0 Å². The van der Waals surface area contributed by atoms with E-state index in [4.69, 9.17) is 23.2 Å². The highest BCUT2D eigenvalue weighted by atomic mass is 35.5. The Kier molecular flexibility index (Phi) is 3.34. The van der Waals surface area contributed by atoms with Crippen LogP contribution < -0.4 is 0 Å². The van der Waals surface area contributed by atoms with E-state index in [2.05, 4.69) is 4.98 Å². The number of hydrogen-bond donors (Lipinski definition) is 0. The molecule has 0 bridgehead atoms. The lowest BCUT2D eigenvalue weighted by Gasteiger charge is -2.03. The Hall–Kier alpha value is -0.810. The Morgan fingerprint density at radius 3 is 2.50 bits per heavy atom. The molecule has 0 unspecified atom stereocenters. The fourth-order valence-electron chi connectivity index (χ4n) is 0.770. The molecule has 0 aliphatic carbocycles. The molecule has 1 rings (SSSR count). The molecule has 0 saturated heterocycles.